The molecule has 1 heterocycles. The Labute approximate surface area is 166 Å². The lowest BCUT2D eigenvalue weighted by Gasteiger charge is -2.31. The molecule has 7 heteroatoms. The van der Waals surface area contributed by atoms with Gasteiger partial charge in [-0.15, -0.1) is 0 Å². The fourth-order valence-corrected chi connectivity index (χ4v) is 3.21. The van der Waals surface area contributed by atoms with E-state index in [1.165, 1.54) is 13.2 Å². The highest BCUT2D eigenvalue weighted by molar-refractivity contribution is 5.99. The van der Waals surface area contributed by atoms with Crippen molar-refractivity contribution in [2.24, 2.45) is 10.7 Å². The van der Waals surface area contributed by atoms with Crippen molar-refractivity contribution < 1.29 is 23.7 Å². The Kier molecular flexibility index (Phi) is 7.83. The molecule has 1 aliphatic rings. The van der Waals surface area contributed by atoms with Gasteiger partial charge in [-0.1, -0.05) is 6.07 Å². The Morgan fingerprint density at radius 2 is 2.11 bits per heavy atom. The molecule has 3 atom stereocenters. The number of aliphatic imine (C=N–C) groups is 1. The molecule has 0 spiro atoms. The molecule has 1 fully saturated rings. The second-order valence-corrected chi connectivity index (χ2v) is 7.40. The van der Waals surface area contributed by atoms with E-state index in [1.807, 2.05) is 27.7 Å². The molecular weight excluding hydrogens is 363 g/mol. The van der Waals surface area contributed by atoms with Gasteiger partial charge in [-0.3, -0.25) is 4.99 Å². The number of aliphatic hydroxyl groups is 1. The number of nitrogens with zero attached hydrogens (tertiary/aromatic N) is 1. The molecular formula is C21H31FN2O4. The van der Waals surface area contributed by atoms with Gasteiger partial charge >= 0.3 is 0 Å². The number of aliphatic hydroxyl groups excluding tert-OH is 1. The third-order valence-corrected chi connectivity index (χ3v) is 4.52. The fourth-order valence-electron chi connectivity index (χ4n) is 3.21. The van der Waals surface area contributed by atoms with Gasteiger partial charge in [0.1, 0.15) is 11.6 Å². The minimum Gasteiger partial charge on any atom is -0.497 e. The van der Waals surface area contributed by atoms with E-state index < -0.39 is 12.4 Å². The highest BCUT2D eigenvalue weighted by Gasteiger charge is 2.28. The van der Waals surface area contributed by atoms with Gasteiger partial charge in [-0.2, -0.15) is 0 Å². The van der Waals surface area contributed by atoms with Crippen LogP contribution >= 0.6 is 0 Å². The predicted octanol–water partition coefficient (Wildman–Crippen LogP) is 3.32. The lowest BCUT2D eigenvalue weighted by atomic mass is 10.0. The molecule has 1 saturated heterocycles. The summed E-state index contributed by atoms with van der Waals surface area (Å²) in [5, 5.41) is 9.95. The molecule has 1 unspecified atom stereocenters. The standard InChI is InChI=1S/C21H31FN2O4/c1-12(2)24-14(4)18(9-15-6-7-17(26-5)11-19(15)22)21(23)28-20-10-16(25)8-13(3)27-20/h6-7,11-13,16,20,25H,8-10,23H2,1-5H3/t13-,16+,20?/m1/s1. The zero-order chi connectivity index (χ0) is 20.8. The van der Waals surface area contributed by atoms with E-state index in [4.69, 9.17) is 19.9 Å². The summed E-state index contributed by atoms with van der Waals surface area (Å²) in [4.78, 5) is 4.54. The average Bonchev–Trinajstić information content (AvgIpc) is 2.58. The second-order valence-electron chi connectivity index (χ2n) is 7.40. The van der Waals surface area contributed by atoms with Gasteiger partial charge in [-0.25, -0.2) is 4.39 Å². The molecule has 0 bridgehead atoms. The van der Waals surface area contributed by atoms with Crippen LogP contribution in [0.2, 0.25) is 0 Å². The van der Waals surface area contributed by atoms with Gasteiger partial charge in [0, 0.05) is 36.2 Å². The number of nitrogens with two attached hydrogens (primary N) is 1. The monoisotopic (exact) mass is 394 g/mol. The summed E-state index contributed by atoms with van der Waals surface area (Å²) in [6.45, 7) is 7.60. The van der Waals surface area contributed by atoms with Gasteiger partial charge in [0.15, 0.2) is 5.88 Å². The van der Waals surface area contributed by atoms with Crippen molar-refractivity contribution in [3.63, 3.8) is 0 Å². The van der Waals surface area contributed by atoms with Gasteiger partial charge in [0.2, 0.25) is 6.29 Å². The molecule has 2 rings (SSSR count). The molecule has 0 amide bonds. The largest absolute Gasteiger partial charge is 0.497 e. The first-order valence-electron chi connectivity index (χ1n) is 9.55. The number of allylic oxidation sites excluding steroid dienone is 1. The van der Waals surface area contributed by atoms with Crippen molar-refractivity contribution in [1.29, 1.82) is 0 Å². The summed E-state index contributed by atoms with van der Waals surface area (Å²) in [6, 6.07) is 4.75. The van der Waals surface area contributed by atoms with E-state index in [9.17, 15) is 9.50 Å². The van der Waals surface area contributed by atoms with Crippen LogP contribution in [0.5, 0.6) is 5.75 Å². The molecule has 1 aliphatic heterocycles. The maximum atomic E-state index is 14.5. The predicted molar refractivity (Wildman–Crippen MR) is 107 cm³/mol. The van der Waals surface area contributed by atoms with E-state index in [2.05, 4.69) is 4.99 Å². The first-order chi connectivity index (χ1) is 13.2. The SMILES string of the molecule is COc1ccc(CC(C(C)=NC(C)C)=C(N)OC2C[C@@H](O)C[C@@H](C)O2)c(F)c1. The number of ether oxygens (including phenoxy) is 3. The lowest BCUT2D eigenvalue weighted by Crippen LogP contribution is -2.36. The van der Waals surface area contributed by atoms with Crippen molar-refractivity contribution in [2.75, 3.05) is 7.11 Å². The highest BCUT2D eigenvalue weighted by Crippen LogP contribution is 2.24. The molecule has 0 saturated carbocycles. The number of hydrogen-bond donors (Lipinski definition) is 2. The molecule has 1 aromatic carbocycles. The topological polar surface area (TPSA) is 86.3 Å². The Morgan fingerprint density at radius 3 is 2.68 bits per heavy atom. The van der Waals surface area contributed by atoms with Gasteiger partial charge < -0.3 is 25.1 Å². The van der Waals surface area contributed by atoms with Gasteiger partial charge in [0.05, 0.1) is 19.3 Å². The van der Waals surface area contributed by atoms with E-state index in [0.717, 1.165) is 0 Å². The average molecular weight is 394 g/mol. The number of halogens is 1. The zero-order valence-electron chi connectivity index (χ0n) is 17.2. The van der Waals surface area contributed by atoms with Crippen LogP contribution in [-0.2, 0) is 15.9 Å². The third kappa shape index (κ3) is 6.21. The van der Waals surface area contributed by atoms with Crippen molar-refractivity contribution in [3.05, 3.63) is 41.0 Å². The normalized spacial score (nSPS) is 24.1. The van der Waals surface area contributed by atoms with Crippen LogP contribution in [0.4, 0.5) is 4.39 Å². The minimum absolute atomic E-state index is 0.0521. The van der Waals surface area contributed by atoms with Crippen molar-refractivity contribution in [3.8, 4) is 5.75 Å². The Balaban J connectivity index is 2.31. The van der Waals surface area contributed by atoms with E-state index >= 15 is 0 Å². The van der Waals surface area contributed by atoms with Gasteiger partial charge in [0.25, 0.3) is 0 Å². The van der Waals surface area contributed by atoms with Crippen molar-refractivity contribution in [1.82, 2.24) is 0 Å². The van der Waals surface area contributed by atoms with Crippen molar-refractivity contribution >= 4 is 5.71 Å². The minimum atomic E-state index is -0.652. The Bertz CT molecular complexity index is 723. The summed E-state index contributed by atoms with van der Waals surface area (Å²) in [5.74, 6) is 0.186. The van der Waals surface area contributed by atoms with Crippen LogP contribution in [0.25, 0.3) is 0 Å². The molecule has 28 heavy (non-hydrogen) atoms. The smallest absolute Gasteiger partial charge is 0.204 e. The number of hydrogen-bond acceptors (Lipinski definition) is 6. The van der Waals surface area contributed by atoms with Crippen LogP contribution in [0.15, 0.2) is 34.6 Å². The molecule has 6 nitrogen and oxygen atoms in total. The lowest BCUT2D eigenvalue weighted by molar-refractivity contribution is -0.194. The van der Waals surface area contributed by atoms with Crippen LogP contribution < -0.4 is 10.5 Å². The van der Waals surface area contributed by atoms with E-state index in [-0.39, 0.29) is 30.3 Å². The van der Waals surface area contributed by atoms with E-state index in [1.54, 1.807) is 12.1 Å². The number of benzene rings is 1. The summed E-state index contributed by atoms with van der Waals surface area (Å²) >= 11 is 0. The quantitative estimate of drug-likeness (QED) is 0.547. The fraction of sp³-hybridized carbons (Fsp3) is 0.571. The Morgan fingerprint density at radius 1 is 1.39 bits per heavy atom. The summed E-state index contributed by atoms with van der Waals surface area (Å²) in [5.41, 5.74) is 7.96. The van der Waals surface area contributed by atoms with Crippen LogP contribution in [0.1, 0.15) is 46.1 Å². The molecule has 1 aromatic rings. The summed E-state index contributed by atoms with van der Waals surface area (Å²) in [6.07, 6.45) is -0.184. The first-order valence-corrected chi connectivity index (χ1v) is 9.55. The van der Waals surface area contributed by atoms with Crippen LogP contribution in [-0.4, -0.2) is 42.5 Å². The summed E-state index contributed by atoms with van der Waals surface area (Å²) < 4.78 is 31.0. The molecule has 0 radical (unpaired) electrons. The Hall–Kier alpha value is -2.12. The van der Waals surface area contributed by atoms with Crippen LogP contribution in [0.3, 0.4) is 0 Å². The molecule has 3 N–H and O–H groups in total. The maximum absolute atomic E-state index is 14.5. The summed E-state index contributed by atoms with van der Waals surface area (Å²) in [7, 11) is 1.49. The number of methoxy groups -OCH3 is 1. The molecule has 156 valence electrons. The third-order valence-electron chi connectivity index (χ3n) is 4.52. The maximum Gasteiger partial charge on any atom is 0.204 e. The number of rotatable bonds is 7. The van der Waals surface area contributed by atoms with Crippen LogP contribution in [0, 0.1) is 5.82 Å². The van der Waals surface area contributed by atoms with Crippen molar-refractivity contribution in [2.45, 2.75) is 71.5 Å². The molecule has 0 aromatic heterocycles. The van der Waals surface area contributed by atoms with Gasteiger partial charge in [-0.05, 0) is 45.7 Å². The van der Waals surface area contributed by atoms with E-state index in [0.29, 0.717) is 35.4 Å². The first kappa shape index (κ1) is 22.2. The highest BCUT2D eigenvalue weighted by atomic mass is 19.1. The second kappa shape index (κ2) is 9.89. The molecule has 0 aliphatic carbocycles. The zero-order valence-corrected chi connectivity index (χ0v) is 17.2.